The third-order valence-corrected chi connectivity index (χ3v) is 2.48. The molecular formula is C11H13N5O2. The lowest BCUT2D eigenvalue weighted by Crippen LogP contribution is -2.04. The molecule has 0 radical (unpaired) electrons. The summed E-state index contributed by atoms with van der Waals surface area (Å²) in [5.41, 5.74) is 1.34. The maximum Gasteiger partial charge on any atom is 0.392 e. The summed E-state index contributed by atoms with van der Waals surface area (Å²) in [4.78, 5) is 14.5. The minimum atomic E-state index is -0.483. The summed E-state index contributed by atoms with van der Waals surface area (Å²) in [5.74, 6) is 0.644. The van der Waals surface area contributed by atoms with Crippen LogP contribution in [0, 0.1) is 17.0 Å². The molecule has 2 rings (SSSR count). The van der Waals surface area contributed by atoms with E-state index in [-0.39, 0.29) is 5.82 Å². The summed E-state index contributed by atoms with van der Waals surface area (Å²) >= 11 is 0. The molecule has 1 N–H and O–H groups in total. The molecule has 94 valence electrons. The number of rotatable bonds is 4. The lowest BCUT2D eigenvalue weighted by Gasteiger charge is -2.01. The van der Waals surface area contributed by atoms with Crippen molar-refractivity contribution in [2.24, 2.45) is 0 Å². The quantitative estimate of drug-likeness (QED) is 0.654. The van der Waals surface area contributed by atoms with Gasteiger partial charge < -0.3 is 15.4 Å². The van der Waals surface area contributed by atoms with Crippen LogP contribution in [0.3, 0.4) is 0 Å². The molecule has 7 heteroatoms. The Kier molecular flexibility index (Phi) is 3.22. The van der Waals surface area contributed by atoms with Gasteiger partial charge in [-0.2, -0.15) is 4.68 Å². The van der Waals surface area contributed by atoms with Gasteiger partial charge in [0.2, 0.25) is 0 Å². The van der Waals surface area contributed by atoms with Crippen molar-refractivity contribution in [2.75, 3.05) is 12.4 Å². The fourth-order valence-corrected chi connectivity index (χ4v) is 1.65. The van der Waals surface area contributed by atoms with Crippen molar-refractivity contribution in [1.82, 2.24) is 14.8 Å². The van der Waals surface area contributed by atoms with E-state index in [1.807, 2.05) is 18.2 Å². The Morgan fingerprint density at radius 3 is 2.89 bits per heavy atom. The molecule has 0 aromatic carbocycles. The highest BCUT2D eigenvalue weighted by Gasteiger charge is 2.17. The van der Waals surface area contributed by atoms with E-state index in [1.165, 1.54) is 4.68 Å². The Labute approximate surface area is 104 Å². The summed E-state index contributed by atoms with van der Waals surface area (Å²) in [7, 11) is 1.79. The summed E-state index contributed by atoms with van der Waals surface area (Å²) < 4.78 is 1.52. The molecule has 18 heavy (non-hydrogen) atoms. The Morgan fingerprint density at radius 2 is 2.28 bits per heavy atom. The lowest BCUT2D eigenvalue weighted by molar-refractivity contribution is -0.390. The SMILES string of the molecule is CNc1cccc(Cn2cc(C)c([N+](=O)[O-])n2)n1. The van der Waals surface area contributed by atoms with E-state index in [0.29, 0.717) is 12.1 Å². The van der Waals surface area contributed by atoms with E-state index in [0.717, 1.165) is 11.5 Å². The smallest absolute Gasteiger partial charge is 0.373 e. The molecule has 7 nitrogen and oxygen atoms in total. The van der Waals surface area contributed by atoms with Crippen LogP contribution >= 0.6 is 0 Å². The molecule has 0 spiro atoms. The molecule has 0 aliphatic rings. The van der Waals surface area contributed by atoms with Gasteiger partial charge in [-0.25, -0.2) is 4.98 Å². The molecule has 0 aliphatic carbocycles. The predicted molar refractivity (Wildman–Crippen MR) is 66.5 cm³/mol. The van der Waals surface area contributed by atoms with E-state index in [1.54, 1.807) is 20.2 Å². The van der Waals surface area contributed by atoms with Crippen LogP contribution in [-0.4, -0.2) is 26.7 Å². The highest BCUT2D eigenvalue weighted by Crippen LogP contribution is 2.15. The van der Waals surface area contributed by atoms with Crippen molar-refractivity contribution < 1.29 is 4.92 Å². The summed E-state index contributed by atoms with van der Waals surface area (Å²) in [6.07, 6.45) is 1.64. The van der Waals surface area contributed by atoms with Crippen LogP contribution in [0.4, 0.5) is 11.6 Å². The fourth-order valence-electron chi connectivity index (χ4n) is 1.65. The first kappa shape index (κ1) is 12.0. The van der Waals surface area contributed by atoms with Crippen LogP contribution in [0.25, 0.3) is 0 Å². The number of hydrogen-bond donors (Lipinski definition) is 1. The molecule has 0 atom stereocenters. The van der Waals surface area contributed by atoms with Crippen LogP contribution in [0.2, 0.25) is 0 Å². The van der Waals surface area contributed by atoms with Gasteiger partial charge in [0.05, 0.1) is 22.6 Å². The van der Waals surface area contributed by atoms with Gasteiger partial charge in [0.25, 0.3) is 0 Å². The van der Waals surface area contributed by atoms with Gasteiger partial charge in [0, 0.05) is 7.05 Å². The second-order valence-electron chi connectivity index (χ2n) is 3.85. The average molecular weight is 247 g/mol. The molecule has 0 saturated heterocycles. The number of nitrogens with zero attached hydrogens (tertiary/aromatic N) is 4. The first-order chi connectivity index (χ1) is 8.60. The van der Waals surface area contributed by atoms with E-state index >= 15 is 0 Å². The molecule has 0 fully saturated rings. The standard InChI is InChI=1S/C11H13N5O2/c1-8-6-15(14-11(8)16(17)18)7-9-4-3-5-10(12-2)13-9/h3-6H,7H2,1-2H3,(H,12,13). The molecule has 2 aromatic heterocycles. The predicted octanol–water partition coefficient (Wildman–Crippen LogP) is 1.58. The molecule has 0 unspecified atom stereocenters. The second kappa shape index (κ2) is 4.82. The number of aromatic nitrogens is 3. The average Bonchev–Trinajstić information content (AvgIpc) is 2.70. The Balaban J connectivity index is 2.23. The zero-order valence-corrected chi connectivity index (χ0v) is 10.1. The second-order valence-corrected chi connectivity index (χ2v) is 3.85. The minimum Gasteiger partial charge on any atom is -0.373 e. The van der Waals surface area contributed by atoms with E-state index in [4.69, 9.17) is 0 Å². The van der Waals surface area contributed by atoms with Crippen LogP contribution in [-0.2, 0) is 6.54 Å². The number of nitro groups is 1. The van der Waals surface area contributed by atoms with E-state index < -0.39 is 4.92 Å². The van der Waals surface area contributed by atoms with E-state index in [2.05, 4.69) is 15.4 Å². The molecule has 0 aliphatic heterocycles. The lowest BCUT2D eigenvalue weighted by atomic mass is 10.3. The molecule has 0 bridgehead atoms. The molecule has 2 heterocycles. The maximum absolute atomic E-state index is 10.7. The molecule has 0 amide bonds. The van der Waals surface area contributed by atoms with Gasteiger partial charge in [0.1, 0.15) is 12.4 Å². The van der Waals surface area contributed by atoms with Crippen molar-refractivity contribution in [3.8, 4) is 0 Å². The van der Waals surface area contributed by atoms with Gasteiger partial charge in [0.15, 0.2) is 0 Å². The molecule has 0 saturated carbocycles. The number of nitrogens with one attached hydrogen (secondary N) is 1. The van der Waals surface area contributed by atoms with Crippen LogP contribution in [0.1, 0.15) is 11.3 Å². The Bertz CT molecular complexity index is 579. The van der Waals surface area contributed by atoms with Gasteiger partial charge in [-0.3, -0.25) is 0 Å². The van der Waals surface area contributed by atoms with Crippen LogP contribution in [0.5, 0.6) is 0 Å². The first-order valence-corrected chi connectivity index (χ1v) is 5.42. The van der Waals surface area contributed by atoms with Gasteiger partial charge in [-0.05, 0) is 24.0 Å². The van der Waals surface area contributed by atoms with Crippen LogP contribution < -0.4 is 5.32 Å². The monoisotopic (exact) mass is 247 g/mol. The highest BCUT2D eigenvalue weighted by atomic mass is 16.6. The van der Waals surface area contributed by atoms with Crippen molar-refractivity contribution in [3.63, 3.8) is 0 Å². The summed E-state index contributed by atoms with van der Waals surface area (Å²) in [5, 5.41) is 17.5. The zero-order chi connectivity index (χ0) is 13.1. The van der Waals surface area contributed by atoms with Gasteiger partial charge in [-0.1, -0.05) is 6.07 Å². The molecule has 2 aromatic rings. The van der Waals surface area contributed by atoms with Gasteiger partial charge >= 0.3 is 5.82 Å². The van der Waals surface area contributed by atoms with Crippen molar-refractivity contribution >= 4 is 11.6 Å². The normalized spacial score (nSPS) is 10.3. The van der Waals surface area contributed by atoms with Crippen molar-refractivity contribution in [1.29, 1.82) is 0 Å². The fraction of sp³-hybridized carbons (Fsp3) is 0.273. The minimum absolute atomic E-state index is 0.111. The Hall–Kier alpha value is -2.44. The number of anilines is 1. The summed E-state index contributed by atoms with van der Waals surface area (Å²) in [6, 6.07) is 5.57. The third kappa shape index (κ3) is 2.45. The van der Waals surface area contributed by atoms with Crippen molar-refractivity contribution in [2.45, 2.75) is 13.5 Å². The number of pyridine rings is 1. The highest BCUT2D eigenvalue weighted by molar-refractivity contribution is 5.34. The third-order valence-electron chi connectivity index (χ3n) is 2.48. The van der Waals surface area contributed by atoms with Crippen LogP contribution in [0.15, 0.2) is 24.4 Å². The zero-order valence-electron chi connectivity index (χ0n) is 10.1. The van der Waals surface area contributed by atoms with Crippen molar-refractivity contribution in [3.05, 3.63) is 45.8 Å². The Morgan fingerprint density at radius 1 is 1.50 bits per heavy atom. The largest absolute Gasteiger partial charge is 0.392 e. The maximum atomic E-state index is 10.7. The van der Waals surface area contributed by atoms with E-state index in [9.17, 15) is 10.1 Å². The number of aryl methyl sites for hydroxylation is 1. The topological polar surface area (TPSA) is 85.9 Å². The van der Waals surface area contributed by atoms with Gasteiger partial charge in [-0.15, -0.1) is 0 Å². The first-order valence-electron chi connectivity index (χ1n) is 5.42. The summed E-state index contributed by atoms with van der Waals surface area (Å²) in [6.45, 7) is 2.07. The number of hydrogen-bond acceptors (Lipinski definition) is 5. The molecular weight excluding hydrogens is 234 g/mol.